The highest BCUT2D eigenvalue weighted by atomic mass is 19.1. The lowest BCUT2D eigenvalue weighted by Crippen LogP contribution is -2.32. The van der Waals surface area contributed by atoms with Crippen LogP contribution in [0.3, 0.4) is 0 Å². The summed E-state index contributed by atoms with van der Waals surface area (Å²) in [5.74, 6) is -1.06. The zero-order valence-corrected chi connectivity index (χ0v) is 17.4. The number of nitrogens with two attached hydrogens (primary N) is 1. The Kier molecular flexibility index (Phi) is 7.68. The van der Waals surface area contributed by atoms with E-state index in [2.05, 4.69) is 5.32 Å². The number of amides is 2. The van der Waals surface area contributed by atoms with Gasteiger partial charge in [0.25, 0.3) is 11.8 Å². The van der Waals surface area contributed by atoms with E-state index in [0.29, 0.717) is 36.3 Å². The molecule has 7 heteroatoms. The van der Waals surface area contributed by atoms with Gasteiger partial charge < -0.3 is 16.0 Å². The summed E-state index contributed by atoms with van der Waals surface area (Å²) >= 11 is 0. The van der Waals surface area contributed by atoms with Gasteiger partial charge in [0.15, 0.2) is 0 Å². The molecule has 0 spiro atoms. The Labute approximate surface area is 186 Å². The maximum atomic E-state index is 13.6. The van der Waals surface area contributed by atoms with E-state index in [0.717, 1.165) is 5.56 Å². The van der Waals surface area contributed by atoms with Crippen molar-refractivity contribution in [2.24, 2.45) is 5.73 Å². The summed E-state index contributed by atoms with van der Waals surface area (Å²) < 4.78 is 13.6. The van der Waals surface area contributed by atoms with Crippen LogP contribution in [0.5, 0.6) is 0 Å². The molecule has 0 aliphatic carbocycles. The molecule has 6 nitrogen and oxygen atoms in total. The Morgan fingerprint density at radius 3 is 2.44 bits per heavy atom. The SMILES string of the molecule is N#Cc1ccc(C(=O)Nc2cccc(CN(CCCN)C(=O)c3cccc(F)c3)c2)cc1. The molecule has 0 aromatic heterocycles. The molecule has 0 aliphatic heterocycles. The predicted molar refractivity (Wildman–Crippen MR) is 120 cm³/mol. The quantitative estimate of drug-likeness (QED) is 0.565. The van der Waals surface area contributed by atoms with Crippen LogP contribution in [0.4, 0.5) is 10.1 Å². The van der Waals surface area contributed by atoms with Crippen LogP contribution in [0.2, 0.25) is 0 Å². The Balaban J connectivity index is 1.74. The summed E-state index contributed by atoms with van der Waals surface area (Å²) in [4.78, 5) is 27.1. The molecule has 32 heavy (non-hydrogen) atoms. The second-order valence-corrected chi connectivity index (χ2v) is 7.22. The van der Waals surface area contributed by atoms with Crippen LogP contribution in [0.15, 0.2) is 72.8 Å². The summed E-state index contributed by atoms with van der Waals surface area (Å²) in [6.45, 7) is 1.14. The number of carbonyl (C=O) groups is 2. The summed E-state index contributed by atoms with van der Waals surface area (Å²) in [6.07, 6.45) is 0.607. The van der Waals surface area contributed by atoms with Crippen LogP contribution < -0.4 is 11.1 Å². The van der Waals surface area contributed by atoms with Crippen LogP contribution in [0.1, 0.15) is 38.3 Å². The number of halogens is 1. The van der Waals surface area contributed by atoms with Gasteiger partial charge in [-0.3, -0.25) is 9.59 Å². The molecule has 2 amide bonds. The zero-order valence-electron chi connectivity index (χ0n) is 17.4. The molecule has 0 saturated heterocycles. The lowest BCUT2D eigenvalue weighted by molar-refractivity contribution is 0.0741. The van der Waals surface area contributed by atoms with Crippen molar-refractivity contribution >= 4 is 17.5 Å². The van der Waals surface area contributed by atoms with Crippen molar-refractivity contribution in [3.8, 4) is 6.07 Å². The largest absolute Gasteiger partial charge is 0.334 e. The number of nitriles is 1. The first-order valence-electron chi connectivity index (χ1n) is 10.2. The third-order valence-electron chi connectivity index (χ3n) is 4.83. The predicted octanol–water partition coefficient (Wildman–Crippen LogP) is 3.94. The Morgan fingerprint density at radius 1 is 1.00 bits per heavy atom. The number of nitrogens with zero attached hydrogens (tertiary/aromatic N) is 2. The van der Waals surface area contributed by atoms with Gasteiger partial charge in [0.05, 0.1) is 11.6 Å². The van der Waals surface area contributed by atoms with Crippen LogP contribution in [-0.4, -0.2) is 29.8 Å². The van der Waals surface area contributed by atoms with Crippen LogP contribution in [-0.2, 0) is 6.54 Å². The van der Waals surface area contributed by atoms with Crippen LogP contribution in [0.25, 0.3) is 0 Å². The fraction of sp³-hybridized carbons (Fsp3) is 0.160. The summed E-state index contributed by atoms with van der Waals surface area (Å²) in [6, 6.07) is 21.1. The molecule has 0 fully saturated rings. The van der Waals surface area contributed by atoms with E-state index in [-0.39, 0.29) is 23.9 Å². The molecule has 0 radical (unpaired) electrons. The van der Waals surface area contributed by atoms with Crippen molar-refractivity contribution in [1.29, 1.82) is 5.26 Å². The molecule has 3 aromatic carbocycles. The van der Waals surface area contributed by atoms with Crippen molar-refractivity contribution in [2.75, 3.05) is 18.4 Å². The minimum atomic E-state index is -0.470. The molecular formula is C25H23FN4O2. The minimum absolute atomic E-state index is 0.271. The first kappa shape index (κ1) is 22.7. The highest BCUT2D eigenvalue weighted by Crippen LogP contribution is 2.17. The van der Waals surface area contributed by atoms with E-state index in [4.69, 9.17) is 11.0 Å². The fourth-order valence-electron chi connectivity index (χ4n) is 3.21. The summed E-state index contributed by atoms with van der Waals surface area (Å²) in [5, 5.41) is 11.7. The second-order valence-electron chi connectivity index (χ2n) is 7.22. The minimum Gasteiger partial charge on any atom is -0.334 e. The molecule has 0 saturated carbocycles. The zero-order chi connectivity index (χ0) is 22.9. The number of carbonyl (C=O) groups excluding carboxylic acids is 2. The Morgan fingerprint density at radius 2 is 1.75 bits per heavy atom. The van der Waals surface area contributed by atoms with E-state index >= 15 is 0 Å². The number of benzene rings is 3. The van der Waals surface area contributed by atoms with Gasteiger partial charge in [-0.2, -0.15) is 5.26 Å². The Hall–Kier alpha value is -4.02. The molecule has 0 bridgehead atoms. The van der Waals surface area contributed by atoms with E-state index in [1.165, 1.54) is 18.2 Å². The maximum Gasteiger partial charge on any atom is 0.255 e. The van der Waals surface area contributed by atoms with E-state index in [1.807, 2.05) is 12.1 Å². The van der Waals surface area contributed by atoms with Crippen molar-refractivity contribution in [3.05, 3.63) is 101 Å². The average molecular weight is 430 g/mol. The normalized spacial score (nSPS) is 10.3. The van der Waals surface area contributed by atoms with Crippen molar-refractivity contribution < 1.29 is 14.0 Å². The molecule has 0 heterocycles. The average Bonchev–Trinajstić information content (AvgIpc) is 2.81. The van der Waals surface area contributed by atoms with E-state index in [1.54, 1.807) is 53.4 Å². The van der Waals surface area contributed by atoms with Crippen LogP contribution >= 0.6 is 0 Å². The highest BCUT2D eigenvalue weighted by molar-refractivity contribution is 6.04. The maximum absolute atomic E-state index is 13.6. The van der Waals surface area contributed by atoms with E-state index in [9.17, 15) is 14.0 Å². The first-order valence-corrected chi connectivity index (χ1v) is 10.2. The third kappa shape index (κ3) is 6.00. The second kappa shape index (κ2) is 10.8. The molecule has 0 atom stereocenters. The Bertz CT molecular complexity index is 1140. The number of hydrogen-bond donors (Lipinski definition) is 2. The first-order chi connectivity index (χ1) is 15.5. The molecule has 0 aliphatic rings. The fourth-order valence-corrected chi connectivity index (χ4v) is 3.21. The number of nitrogens with one attached hydrogen (secondary N) is 1. The topological polar surface area (TPSA) is 99.2 Å². The molecule has 162 valence electrons. The molecule has 3 rings (SSSR count). The van der Waals surface area contributed by atoms with Crippen LogP contribution in [0, 0.1) is 17.1 Å². The van der Waals surface area contributed by atoms with Crippen molar-refractivity contribution in [3.63, 3.8) is 0 Å². The monoisotopic (exact) mass is 430 g/mol. The van der Waals surface area contributed by atoms with E-state index < -0.39 is 5.82 Å². The van der Waals surface area contributed by atoms with Gasteiger partial charge in [-0.1, -0.05) is 18.2 Å². The van der Waals surface area contributed by atoms with Gasteiger partial charge >= 0.3 is 0 Å². The highest BCUT2D eigenvalue weighted by Gasteiger charge is 2.17. The van der Waals surface area contributed by atoms with Gasteiger partial charge in [0.1, 0.15) is 5.82 Å². The molecule has 3 N–H and O–H groups in total. The molecular weight excluding hydrogens is 407 g/mol. The third-order valence-corrected chi connectivity index (χ3v) is 4.83. The van der Waals surface area contributed by atoms with Gasteiger partial charge in [-0.15, -0.1) is 0 Å². The van der Waals surface area contributed by atoms with Gasteiger partial charge in [-0.25, -0.2) is 4.39 Å². The number of hydrogen-bond acceptors (Lipinski definition) is 4. The number of anilines is 1. The van der Waals surface area contributed by atoms with Gasteiger partial charge in [0, 0.05) is 29.9 Å². The van der Waals surface area contributed by atoms with Crippen molar-refractivity contribution in [1.82, 2.24) is 4.90 Å². The standard InChI is InChI=1S/C25H23FN4O2/c26-22-6-2-5-21(15-22)25(32)30(13-3-12-27)17-19-4-1-7-23(14-19)29-24(31)20-10-8-18(16-28)9-11-20/h1-2,4-11,14-15H,3,12-13,17,27H2,(H,29,31). The lowest BCUT2D eigenvalue weighted by Gasteiger charge is -2.23. The molecule has 0 unspecified atom stereocenters. The smallest absolute Gasteiger partial charge is 0.255 e. The number of rotatable bonds is 8. The van der Waals surface area contributed by atoms with Crippen molar-refractivity contribution in [2.45, 2.75) is 13.0 Å². The summed E-state index contributed by atoms with van der Waals surface area (Å²) in [7, 11) is 0. The lowest BCUT2D eigenvalue weighted by atomic mass is 10.1. The molecule has 3 aromatic rings. The van der Waals surface area contributed by atoms with Gasteiger partial charge in [-0.05, 0) is 73.1 Å². The summed E-state index contributed by atoms with van der Waals surface area (Å²) in [5.41, 5.74) is 8.19. The van der Waals surface area contributed by atoms with Gasteiger partial charge in [0.2, 0.25) is 0 Å².